The zero-order valence-electron chi connectivity index (χ0n) is 10.8. The maximum Gasteiger partial charge on any atom is 0.354 e. The number of aromatic carboxylic acids is 1. The van der Waals surface area contributed by atoms with Gasteiger partial charge < -0.3 is 5.11 Å². The zero-order chi connectivity index (χ0) is 14.1. The molecule has 0 saturated heterocycles. The van der Waals surface area contributed by atoms with Gasteiger partial charge in [0, 0.05) is 6.07 Å². The van der Waals surface area contributed by atoms with E-state index in [0.29, 0.717) is 5.69 Å². The normalized spacial score (nSPS) is 10.7. The molecule has 2 aromatic heterocycles. The first-order valence-corrected chi connectivity index (χ1v) is 6.97. The standard InChI is InChI=1S/C15H12N2O2S/c1-10-4-2-5-11(8-10)17-13(15(18)19)9-12(16-17)14-6-3-7-20-14/h2-9H,1H3,(H,18,19). The molecule has 0 unspecified atom stereocenters. The number of thiophene rings is 1. The van der Waals surface area contributed by atoms with E-state index < -0.39 is 5.97 Å². The molecule has 0 atom stereocenters. The van der Waals surface area contributed by atoms with Gasteiger partial charge in [0.2, 0.25) is 0 Å². The summed E-state index contributed by atoms with van der Waals surface area (Å²) in [5.74, 6) is -0.984. The van der Waals surface area contributed by atoms with Crippen LogP contribution in [0.3, 0.4) is 0 Å². The number of carboxylic acid groups (broad SMARTS) is 1. The van der Waals surface area contributed by atoms with Crippen molar-refractivity contribution in [2.24, 2.45) is 0 Å². The van der Waals surface area contributed by atoms with E-state index in [1.54, 1.807) is 6.07 Å². The minimum Gasteiger partial charge on any atom is -0.477 e. The Labute approximate surface area is 119 Å². The topological polar surface area (TPSA) is 55.1 Å². The van der Waals surface area contributed by atoms with Crippen LogP contribution in [0.5, 0.6) is 0 Å². The Hall–Kier alpha value is -2.40. The van der Waals surface area contributed by atoms with Crippen molar-refractivity contribution in [3.8, 4) is 16.3 Å². The molecule has 20 heavy (non-hydrogen) atoms. The maximum absolute atomic E-state index is 11.4. The van der Waals surface area contributed by atoms with E-state index in [0.717, 1.165) is 16.1 Å². The Balaban J connectivity index is 2.17. The van der Waals surface area contributed by atoms with Gasteiger partial charge in [0.25, 0.3) is 0 Å². The van der Waals surface area contributed by atoms with Gasteiger partial charge in [0.05, 0.1) is 10.6 Å². The third-order valence-electron chi connectivity index (χ3n) is 2.95. The molecule has 0 spiro atoms. The van der Waals surface area contributed by atoms with Crippen LogP contribution in [0.25, 0.3) is 16.3 Å². The van der Waals surface area contributed by atoms with Crippen LogP contribution in [-0.2, 0) is 0 Å². The number of aromatic nitrogens is 2. The Bertz CT molecular complexity index is 760. The maximum atomic E-state index is 11.4. The summed E-state index contributed by atoms with van der Waals surface area (Å²) in [6.45, 7) is 1.97. The van der Waals surface area contributed by atoms with Crippen molar-refractivity contribution in [2.45, 2.75) is 6.92 Å². The van der Waals surface area contributed by atoms with E-state index in [4.69, 9.17) is 0 Å². The third-order valence-corrected chi connectivity index (χ3v) is 3.84. The fourth-order valence-electron chi connectivity index (χ4n) is 2.03. The van der Waals surface area contributed by atoms with Crippen molar-refractivity contribution in [3.05, 3.63) is 59.1 Å². The average Bonchev–Trinajstić information content (AvgIpc) is 3.08. The molecular formula is C15H12N2O2S. The summed E-state index contributed by atoms with van der Waals surface area (Å²) in [7, 11) is 0. The summed E-state index contributed by atoms with van der Waals surface area (Å²) in [5.41, 5.74) is 2.66. The van der Waals surface area contributed by atoms with Gasteiger partial charge >= 0.3 is 5.97 Å². The first-order chi connectivity index (χ1) is 9.65. The van der Waals surface area contributed by atoms with Crippen molar-refractivity contribution < 1.29 is 9.90 Å². The van der Waals surface area contributed by atoms with Crippen LogP contribution in [0.4, 0.5) is 0 Å². The lowest BCUT2D eigenvalue weighted by Crippen LogP contribution is -2.07. The number of carbonyl (C=O) groups is 1. The first-order valence-electron chi connectivity index (χ1n) is 6.09. The fourth-order valence-corrected chi connectivity index (χ4v) is 2.72. The van der Waals surface area contributed by atoms with Crippen LogP contribution in [0.15, 0.2) is 47.8 Å². The van der Waals surface area contributed by atoms with Gasteiger partial charge in [-0.2, -0.15) is 5.10 Å². The van der Waals surface area contributed by atoms with Gasteiger partial charge in [-0.05, 0) is 36.1 Å². The molecule has 0 aliphatic heterocycles. The number of aryl methyl sites for hydroxylation is 1. The first kappa shape index (κ1) is 12.6. The van der Waals surface area contributed by atoms with E-state index in [9.17, 15) is 9.90 Å². The van der Waals surface area contributed by atoms with Crippen molar-refractivity contribution in [3.63, 3.8) is 0 Å². The SMILES string of the molecule is Cc1cccc(-n2nc(-c3cccs3)cc2C(=O)O)c1. The number of nitrogens with zero attached hydrogens (tertiary/aromatic N) is 2. The predicted molar refractivity (Wildman–Crippen MR) is 78.6 cm³/mol. The van der Waals surface area contributed by atoms with Gasteiger partial charge in [-0.1, -0.05) is 18.2 Å². The van der Waals surface area contributed by atoms with Crippen LogP contribution in [-0.4, -0.2) is 20.9 Å². The van der Waals surface area contributed by atoms with Gasteiger partial charge in [-0.15, -0.1) is 11.3 Å². The van der Waals surface area contributed by atoms with Crippen molar-refractivity contribution in [1.29, 1.82) is 0 Å². The molecule has 0 bridgehead atoms. The summed E-state index contributed by atoms with van der Waals surface area (Å²) in [6.07, 6.45) is 0. The summed E-state index contributed by atoms with van der Waals surface area (Å²) < 4.78 is 1.48. The number of rotatable bonds is 3. The highest BCUT2D eigenvalue weighted by molar-refractivity contribution is 7.13. The molecule has 3 aromatic rings. The van der Waals surface area contributed by atoms with E-state index in [-0.39, 0.29) is 5.69 Å². The summed E-state index contributed by atoms with van der Waals surface area (Å²) in [4.78, 5) is 12.4. The second-order valence-corrected chi connectivity index (χ2v) is 5.40. The zero-order valence-corrected chi connectivity index (χ0v) is 11.6. The minimum atomic E-state index is -0.984. The second-order valence-electron chi connectivity index (χ2n) is 4.45. The Kier molecular flexibility index (Phi) is 3.12. The quantitative estimate of drug-likeness (QED) is 0.799. The van der Waals surface area contributed by atoms with Crippen molar-refractivity contribution in [2.75, 3.05) is 0 Å². The van der Waals surface area contributed by atoms with E-state index in [1.165, 1.54) is 16.0 Å². The van der Waals surface area contributed by atoms with E-state index in [2.05, 4.69) is 5.10 Å². The van der Waals surface area contributed by atoms with Gasteiger partial charge in [-0.25, -0.2) is 9.48 Å². The van der Waals surface area contributed by atoms with Gasteiger partial charge in [0.1, 0.15) is 5.69 Å². The van der Waals surface area contributed by atoms with Crippen molar-refractivity contribution in [1.82, 2.24) is 9.78 Å². The Morgan fingerprint density at radius 2 is 2.10 bits per heavy atom. The number of hydrogen-bond donors (Lipinski definition) is 1. The molecule has 100 valence electrons. The molecule has 0 radical (unpaired) electrons. The van der Waals surface area contributed by atoms with Crippen LogP contribution in [0.1, 0.15) is 16.1 Å². The minimum absolute atomic E-state index is 0.166. The molecule has 2 heterocycles. The molecular weight excluding hydrogens is 272 g/mol. The molecule has 3 rings (SSSR count). The van der Waals surface area contributed by atoms with Gasteiger partial charge in [-0.3, -0.25) is 0 Å². The van der Waals surface area contributed by atoms with E-state index in [1.807, 2.05) is 48.7 Å². The fraction of sp³-hybridized carbons (Fsp3) is 0.0667. The number of carboxylic acids is 1. The highest BCUT2D eigenvalue weighted by atomic mass is 32.1. The number of hydrogen-bond acceptors (Lipinski definition) is 3. The van der Waals surface area contributed by atoms with Crippen molar-refractivity contribution >= 4 is 17.3 Å². The molecule has 4 nitrogen and oxygen atoms in total. The van der Waals surface area contributed by atoms with Crippen LogP contribution < -0.4 is 0 Å². The molecule has 1 N–H and O–H groups in total. The lowest BCUT2D eigenvalue weighted by Gasteiger charge is -2.04. The summed E-state index contributed by atoms with van der Waals surface area (Å²) in [5, 5.41) is 15.7. The van der Waals surface area contributed by atoms with Crippen LogP contribution >= 0.6 is 11.3 Å². The molecule has 0 aliphatic rings. The Morgan fingerprint density at radius 3 is 2.75 bits per heavy atom. The smallest absolute Gasteiger partial charge is 0.354 e. The second kappa shape index (κ2) is 4.94. The monoisotopic (exact) mass is 284 g/mol. The largest absolute Gasteiger partial charge is 0.477 e. The van der Waals surface area contributed by atoms with Crippen LogP contribution in [0.2, 0.25) is 0 Å². The third kappa shape index (κ3) is 2.23. The lowest BCUT2D eigenvalue weighted by atomic mass is 10.2. The number of benzene rings is 1. The van der Waals surface area contributed by atoms with E-state index >= 15 is 0 Å². The molecule has 0 saturated carbocycles. The molecule has 0 aliphatic carbocycles. The average molecular weight is 284 g/mol. The highest BCUT2D eigenvalue weighted by Crippen LogP contribution is 2.25. The molecule has 1 aromatic carbocycles. The van der Waals surface area contributed by atoms with Crippen LogP contribution in [0, 0.1) is 6.92 Å². The summed E-state index contributed by atoms with van der Waals surface area (Å²) in [6, 6.07) is 13.1. The highest BCUT2D eigenvalue weighted by Gasteiger charge is 2.17. The Morgan fingerprint density at radius 1 is 1.25 bits per heavy atom. The van der Waals surface area contributed by atoms with Gasteiger partial charge in [0.15, 0.2) is 5.69 Å². The molecule has 5 heteroatoms. The lowest BCUT2D eigenvalue weighted by molar-refractivity contribution is 0.0687. The summed E-state index contributed by atoms with van der Waals surface area (Å²) >= 11 is 1.54. The molecule has 0 amide bonds. The molecule has 0 fully saturated rings. The predicted octanol–water partition coefficient (Wildman–Crippen LogP) is 3.61.